The van der Waals surface area contributed by atoms with Gasteiger partial charge < -0.3 is 9.47 Å². The summed E-state index contributed by atoms with van der Waals surface area (Å²) in [5, 5.41) is 0. The second-order valence-electron chi connectivity index (χ2n) is 3.18. The quantitative estimate of drug-likeness (QED) is 0.585. The Morgan fingerprint density at radius 3 is 3.08 bits per heavy atom. The molecule has 0 aromatic rings. The molecular weight excluding hydrogens is 154 g/mol. The molecule has 0 unspecified atom stereocenters. The first kappa shape index (κ1) is 9.96. The molecule has 1 aliphatic rings. The molecule has 0 spiro atoms. The largest absolute Gasteiger partial charge is 0.380 e. The van der Waals surface area contributed by atoms with Crippen LogP contribution in [0, 0.1) is 0 Å². The van der Waals surface area contributed by atoms with Crippen LogP contribution in [0.25, 0.3) is 0 Å². The zero-order chi connectivity index (χ0) is 8.81. The molecule has 12 heavy (non-hydrogen) atoms. The summed E-state index contributed by atoms with van der Waals surface area (Å²) in [6, 6.07) is 0. The molecule has 1 atom stereocenters. The Morgan fingerprint density at radius 1 is 1.58 bits per heavy atom. The SMILES string of the molecule is CCOCCN1CCO[C@@H](C)C1. The van der Waals surface area contributed by atoms with Crippen LogP contribution in [0.5, 0.6) is 0 Å². The Balaban J connectivity index is 2.06. The van der Waals surface area contributed by atoms with Crippen molar-refractivity contribution < 1.29 is 9.47 Å². The van der Waals surface area contributed by atoms with Gasteiger partial charge in [0.25, 0.3) is 0 Å². The van der Waals surface area contributed by atoms with E-state index in [9.17, 15) is 0 Å². The van der Waals surface area contributed by atoms with Crippen LogP contribution in [-0.2, 0) is 9.47 Å². The van der Waals surface area contributed by atoms with E-state index in [0.717, 1.165) is 39.5 Å². The highest BCUT2D eigenvalue weighted by Crippen LogP contribution is 2.03. The first-order chi connectivity index (χ1) is 5.83. The monoisotopic (exact) mass is 173 g/mol. The van der Waals surface area contributed by atoms with Gasteiger partial charge in [-0.25, -0.2) is 0 Å². The summed E-state index contributed by atoms with van der Waals surface area (Å²) in [6.07, 6.45) is 0.389. The van der Waals surface area contributed by atoms with Gasteiger partial charge in [0, 0.05) is 26.2 Å². The molecule has 3 heteroatoms. The highest BCUT2D eigenvalue weighted by Gasteiger charge is 2.15. The lowest BCUT2D eigenvalue weighted by Gasteiger charge is -2.30. The van der Waals surface area contributed by atoms with E-state index in [1.54, 1.807) is 0 Å². The molecule has 0 amide bonds. The molecule has 0 aromatic carbocycles. The van der Waals surface area contributed by atoms with Crippen molar-refractivity contribution in [1.82, 2.24) is 4.90 Å². The molecule has 1 heterocycles. The van der Waals surface area contributed by atoms with Crippen LogP contribution >= 0.6 is 0 Å². The van der Waals surface area contributed by atoms with Gasteiger partial charge in [0.15, 0.2) is 0 Å². The fourth-order valence-electron chi connectivity index (χ4n) is 1.43. The number of morpholine rings is 1. The van der Waals surface area contributed by atoms with Crippen molar-refractivity contribution in [2.75, 3.05) is 39.5 Å². The summed E-state index contributed by atoms with van der Waals surface area (Å²) in [7, 11) is 0. The standard InChI is InChI=1S/C9H19NO2/c1-3-11-6-4-10-5-7-12-9(2)8-10/h9H,3-8H2,1-2H3/t9-/m0/s1. The lowest BCUT2D eigenvalue weighted by atomic mass is 10.3. The van der Waals surface area contributed by atoms with Gasteiger partial charge in [-0.05, 0) is 13.8 Å². The first-order valence-electron chi connectivity index (χ1n) is 4.74. The first-order valence-corrected chi connectivity index (χ1v) is 4.74. The Labute approximate surface area is 74.6 Å². The maximum absolute atomic E-state index is 5.43. The third kappa shape index (κ3) is 3.52. The van der Waals surface area contributed by atoms with Crippen LogP contribution in [0.3, 0.4) is 0 Å². The molecule has 1 rings (SSSR count). The van der Waals surface area contributed by atoms with Crippen LogP contribution in [0.1, 0.15) is 13.8 Å². The highest BCUT2D eigenvalue weighted by atomic mass is 16.5. The van der Waals surface area contributed by atoms with Gasteiger partial charge in [0.1, 0.15) is 0 Å². The Bertz CT molecular complexity index is 119. The molecule has 0 aliphatic carbocycles. The zero-order valence-corrected chi connectivity index (χ0v) is 8.08. The number of hydrogen-bond donors (Lipinski definition) is 0. The second-order valence-corrected chi connectivity index (χ2v) is 3.18. The van der Waals surface area contributed by atoms with Gasteiger partial charge >= 0.3 is 0 Å². The summed E-state index contributed by atoms with van der Waals surface area (Å²) in [5.74, 6) is 0. The average Bonchev–Trinajstić information content (AvgIpc) is 2.05. The predicted octanol–water partition coefficient (Wildman–Crippen LogP) is 0.744. The fraction of sp³-hybridized carbons (Fsp3) is 1.00. The summed E-state index contributed by atoms with van der Waals surface area (Å²) in [4.78, 5) is 2.39. The lowest BCUT2D eigenvalue weighted by molar-refractivity contribution is -0.0264. The van der Waals surface area contributed by atoms with E-state index < -0.39 is 0 Å². The molecule has 3 nitrogen and oxygen atoms in total. The van der Waals surface area contributed by atoms with Crippen molar-refractivity contribution in [2.45, 2.75) is 20.0 Å². The van der Waals surface area contributed by atoms with E-state index in [2.05, 4.69) is 11.8 Å². The van der Waals surface area contributed by atoms with E-state index in [1.807, 2.05) is 6.92 Å². The van der Waals surface area contributed by atoms with Gasteiger partial charge in [-0.1, -0.05) is 0 Å². The third-order valence-corrected chi connectivity index (χ3v) is 2.08. The van der Waals surface area contributed by atoms with Crippen LogP contribution in [0.15, 0.2) is 0 Å². The topological polar surface area (TPSA) is 21.7 Å². The minimum atomic E-state index is 0.389. The van der Waals surface area contributed by atoms with Gasteiger partial charge in [0.2, 0.25) is 0 Å². The van der Waals surface area contributed by atoms with E-state index >= 15 is 0 Å². The summed E-state index contributed by atoms with van der Waals surface area (Å²) in [6.45, 7) is 9.83. The smallest absolute Gasteiger partial charge is 0.0674 e. The normalized spacial score (nSPS) is 26.0. The molecule has 1 fully saturated rings. The van der Waals surface area contributed by atoms with Crippen molar-refractivity contribution in [3.63, 3.8) is 0 Å². The summed E-state index contributed by atoms with van der Waals surface area (Å²) < 4.78 is 10.7. The number of hydrogen-bond acceptors (Lipinski definition) is 3. The predicted molar refractivity (Wildman–Crippen MR) is 48.3 cm³/mol. The van der Waals surface area contributed by atoms with E-state index in [-0.39, 0.29) is 0 Å². The Hall–Kier alpha value is -0.120. The van der Waals surface area contributed by atoms with E-state index in [0.29, 0.717) is 6.10 Å². The molecule has 0 aromatic heterocycles. The van der Waals surface area contributed by atoms with Crippen LogP contribution in [-0.4, -0.2) is 50.5 Å². The van der Waals surface area contributed by atoms with Crippen molar-refractivity contribution in [1.29, 1.82) is 0 Å². The van der Waals surface area contributed by atoms with Crippen molar-refractivity contribution in [3.8, 4) is 0 Å². The maximum atomic E-state index is 5.43. The van der Waals surface area contributed by atoms with Crippen molar-refractivity contribution in [3.05, 3.63) is 0 Å². The van der Waals surface area contributed by atoms with Gasteiger partial charge in [-0.3, -0.25) is 4.90 Å². The van der Waals surface area contributed by atoms with Crippen LogP contribution < -0.4 is 0 Å². The van der Waals surface area contributed by atoms with Crippen molar-refractivity contribution >= 4 is 0 Å². The van der Waals surface area contributed by atoms with E-state index in [1.165, 1.54) is 0 Å². The zero-order valence-electron chi connectivity index (χ0n) is 8.08. The molecule has 0 N–H and O–H groups in total. The molecule has 72 valence electrons. The van der Waals surface area contributed by atoms with Crippen LogP contribution in [0.2, 0.25) is 0 Å². The molecule has 0 radical (unpaired) electrons. The molecule has 1 aliphatic heterocycles. The molecule has 0 bridgehead atoms. The Morgan fingerprint density at radius 2 is 2.42 bits per heavy atom. The number of nitrogens with zero attached hydrogens (tertiary/aromatic N) is 1. The molecular formula is C9H19NO2. The molecule has 1 saturated heterocycles. The van der Waals surface area contributed by atoms with Gasteiger partial charge in [-0.15, -0.1) is 0 Å². The molecule has 0 saturated carbocycles. The van der Waals surface area contributed by atoms with E-state index in [4.69, 9.17) is 9.47 Å². The number of ether oxygens (including phenoxy) is 2. The Kier molecular flexibility index (Phi) is 4.58. The number of rotatable bonds is 4. The third-order valence-electron chi connectivity index (χ3n) is 2.08. The van der Waals surface area contributed by atoms with Gasteiger partial charge in [0.05, 0.1) is 19.3 Å². The maximum Gasteiger partial charge on any atom is 0.0674 e. The van der Waals surface area contributed by atoms with Gasteiger partial charge in [-0.2, -0.15) is 0 Å². The highest BCUT2D eigenvalue weighted by molar-refractivity contribution is 4.67. The fourth-order valence-corrected chi connectivity index (χ4v) is 1.43. The van der Waals surface area contributed by atoms with Crippen molar-refractivity contribution in [2.24, 2.45) is 0 Å². The minimum absolute atomic E-state index is 0.389. The minimum Gasteiger partial charge on any atom is -0.380 e. The summed E-state index contributed by atoms with van der Waals surface area (Å²) in [5.41, 5.74) is 0. The summed E-state index contributed by atoms with van der Waals surface area (Å²) >= 11 is 0. The lowest BCUT2D eigenvalue weighted by Crippen LogP contribution is -2.42. The second kappa shape index (κ2) is 5.51. The van der Waals surface area contributed by atoms with Crippen LogP contribution in [0.4, 0.5) is 0 Å². The average molecular weight is 173 g/mol.